The van der Waals surface area contributed by atoms with Gasteiger partial charge in [-0.1, -0.05) is 15.9 Å². The Morgan fingerprint density at radius 3 is 2.60 bits per heavy atom. The van der Waals surface area contributed by atoms with E-state index in [0.29, 0.717) is 6.42 Å². The second kappa shape index (κ2) is 5.46. The van der Waals surface area contributed by atoms with Gasteiger partial charge >= 0.3 is 5.97 Å². The highest BCUT2D eigenvalue weighted by Crippen LogP contribution is 2.31. The van der Waals surface area contributed by atoms with Crippen LogP contribution in [0.3, 0.4) is 0 Å². The Morgan fingerprint density at radius 1 is 1.45 bits per heavy atom. The number of aryl methyl sites for hydroxylation is 1. The summed E-state index contributed by atoms with van der Waals surface area (Å²) in [6.07, 6.45) is 0.352. The van der Waals surface area contributed by atoms with Crippen molar-refractivity contribution in [2.45, 2.75) is 31.2 Å². The highest BCUT2D eigenvalue weighted by Gasteiger charge is 2.42. The number of nitrogens with zero attached hydrogens (tertiary/aromatic N) is 1. The van der Waals surface area contributed by atoms with Crippen molar-refractivity contribution in [3.63, 3.8) is 0 Å². The lowest BCUT2D eigenvalue weighted by Crippen LogP contribution is -2.37. The predicted octanol–water partition coefficient (Wildman–Crippen LogP) is 2.24. The minimum atomic E-state index is -3.64. The van der Waals surface area contributed by atoms with Gasteiger partial charge in [0.2, 0.25) is 10.0 Å². The van der Waals surface area contributed by atoms with E-state index in [2.05, 4.69) is 15.9 Å². The van der Waals surface area contributed by atoms with Crippen molar-refractivity contribution >= 4 is 31.9 Å². The quantitative estimate of drug-likeness (QED) is 0.895. The molecule has 0 spiro atoms. The lowest BCUT2D eigenvalue weighted by molar-refractivity contribution is -0.142. The molecule has 0 amide bonds. The molecule has 0 aliphatic carbocycles. The molecule has 1 aromatic carbocycles. The normalized spacial score (nSPS) is 23.9. The lowest BCUT2D eigenvalue weighted by Gasteiger charge is -2.23. The van der Waals surface area contributed by atoms with Crippen molar-refractivity contribution < 1.29 is 18.3 Å². The minimum absolute atomic E-state index is 0.205. The van der Waals surface area contributed by atoms with Crippen molar-refractivity contribution in [1.82, 2.24) is 4.31 Å². The maximum absolute atomic E-state index is 12.6. The van der Waals surface area contributed by atoms with Gasteiger partial charge in [-0.15, -0.1) is 0 Å². The van der Waals surface area contributed by atoms with Gasteiger partial charge < -0.3 is 5.11 Å². The van der Waals surface area contributed by atoms with Gasteiger partial charge in [-0.3, -0.25) is 4.79 Å². The number of benzene rings is 1. The first-order valence-corrected chi connectivity index (χ1v) is 8.49. The van der Waals surface area contributed by atoms with Gasteiger partial charge in [-0.05, 0) is 44.0 Å². The zero-order valence-corrected chi connectivity index (χ0v) is 13.6. The molecule has 20 heavy (non-hydrogen) atoms. The zero-order valence-electron chi connectivity index (χ0n) is 11.2. The van der Waals surface area contributed by atoms with E-state index >= 15 is 0 Å². The lowest BCUT2D eigenvalue weighted by atomic mass is 10.0. The Morgan fingerprint density at radius 2 is 2.10 bits per heavy atom. The van der Waals surface area contributed by atoms with Gasteiger partial charge in [-0.25, -0.2) is 8.42 Å². The summed E-state index contributed by atoms with van der Waals surface area (Å²) < 4.78 is 27.3. The molecule has 110 valence electrons. The number of carboxylic acid groups (broad SMARTS) is 1. The van der Waals surface area contributed by atoms with Crippen molar-refractivity contribution in [2.75, 3.05) is 6.54 Å². The van der Waals surface area contributed by atoms with E-state index < -0.39 is 28.0 Å². The van der Waals surface area contributed by atoms with Gasteiger partial charge in [0.05, 0.1) is 10.8 Å². The molecule has 1 aliphatic rings. The summed E-state index contributed by atoms with van der Waals surface area (Å²) in [6, 6.07) is 4.30. The molecule has 1 saturated heterocycles. The maximum atomic E-state index is 12.6. The molecule has 0 aromatic heterocycles. The fourth-order valence-corrected chi connectivity index (χ4v) is 4.51. The number of hydrogen-bond acceptors (Lipinski definition) is 3. The number of carbonyl (C=O) groups is 1. The van der Waals surface area contributed by atoms with Crippen molar-refractivity contribution in [1.29, 1.82) is 0 Å². The third-order valence-corrected chi connectivity index (χ3v) is 6.62. The summed E-state index contributed by atoms with van der Waals surface area (Å²) in [5.74, 6) is -1.58. The van der Waals surface area contributed by atoms with Crippen LogP contribution in [-0.2, 0) is 14.8 Å². The standard InChI is InChI=1S/C13H16BrNO4S/c1-8-7-10(3-4-12(8)14)20(18,19)15-6-5-11(9(15)2)13(16)17/h3-4,7,9,11H,5-6H2,1-2H3,(H,16,17). The topological polar surface area (TPSA) is 74.7 Å². The molecule has 0 radical (unpaired) electrons. The van der Waals surface area contributed by atoms with E-state index in [4.69, 9.17) is 5.11 Å². The SMILES string of the molecule is Cc1cc(S(=O)(=O)N2CCC(C(=O)O)C2C)ccc1Br. The number of rotatable bonds is 3. The molecular formula is C13H16BrNO4S. The van der Waals surface area contributed by atoms with E-state index in [1.165, 1.54) is 10.4 Å². The summed E-state index contributed by atoms with van der Waals surface area (Å²) in [7, 11) is -3.64. The van der Waals surface area contributed by atoms with Crippen LogP contribution in [0.2, 0.25) is 0 Å². The number of carboxylic acids is 1. The predicted molar refractivity (Wildman–Crippen MR) is 78.0 cm³/mol. The molecule has 0 bridgehead atoms. The second-order valence-corrected chi connectivity index (χ2v) is 7.75. The van der Waals surface area contributed by atoms with E-state index in [9.17, 15) is 13.2 Å². The molecule has 2 atom stereocenters. The monoisotopic (exact) mass is 361 g/mol. The van der Waals surface area contributed by atoms with Crippen LogP contribution in [0.5, 0.6) is 0 Å². The van der Waals surface area contributed by atoms with Crippen LogP contribution in [0.25, 0.3) is 0 Å². The van der Waals surface area contributed by atoms with Crippen LogP contribution in [0.4, 0.5) is 0 Å². The van der Waals surface area contributed by atoms with Gasteiger partial charge in [0, 0.05) is 17.1 Å². The zero-order chi connectivity index (χ0) is 15.1. The number of aliphatic carboxylic acids is 1. The molecule has 1 fully saturated rings. The largest absolute Gasteiger partial charge is 0.481 e. The summed E-state index contributed by atoms with van der Waals surface area (Å²) in [4.78, 5) is 11.3. The molecule has 0 saturated carbocycles. The van der Waals surface area contributed by atoms with Gasteiger partial charge in [-0.2, -0.15) is 4.31 Å². The Hall–Kier alpha value is -0.920. The molecule has 1 heterocycles. The molecule has 2 rings (SSSR count). The highest BCUT2D eigenvalue weighted by atomic mass is 79.9. The van der Waals surface area contributed by atoms with E-state index in [0.717, 1.165) is 10.0 Å². The summed E-state index contributed by atoms with van der Waals surface area (Å²) in [5, 5.41) is 9.09. The van der Waals surface area contributed by atoms with Crippen molar-refractivity contribution in [3.8, 4) is 0 Å². The van der Waals surface area contributed by atoms with E-state index in [1.54, 1.807) is 19.1 Å². The molecule has 1 aliphatic heterocycles. The number of sulfonamides is 1. The summed E-state index contributed by atoms with van der Waals surface area (Å²) >= 11 is 3.33. The van der Waals surface area contributed by atoms with Crippen LogP contribution in [0.1, 0.15) is 18.9 Å². The van der Waals surface area contributed by atoms with Gasteiger partial charge in [0.15, 0.2) is 0 Å². The Bertz CT molecular complexity index is 644. The average Bonchev–Trinajstić information content (AvgIpc) is 2.75. The molecule has 2 unspecified atom stereocenters. The Labute approximate surface area is 126 Å². The number of halogens is 1. The van der Waals surface area contributed by atoms with Crippen LogP contribution >= 0.6 is 15.9 Å². The Balaban J connectivity index is 2.36. The first-order valence-electron chi connectivity index (χ1n) is 6.26. The molecule has 7 heteroatoms. The van der Waals surface area contributed by atoms with Gasteiger partial charge in [0.25, 0.3) is 0 Å². The third-order valence-electron chi connectivity index (χ3n) is 3.75. The van der Waals surface area contributed by atoms with Crippen LogP contribution in [-0.4, -0.2) is 36.4 Å². The molecule has 1 N–H and O–H groups in total. The Kier molecular flexibility index (Phi) is 4.22. The van der Waals surface area contributed by atoms with Crippen LogP contribution in [0.15, 0.2) is 27.6 Å². The fraction of sp³-hybridized carbons (Fsp3) is 0.462. The third kappa shape index (κ3) is 2.62. The highest BCUT2D eigenvalue weighted by molar-refractivity contribution is 9.10. The molecule has 5 nitrogen and oxygen atoms in total. The van der Waals surface area contributed by atoms with Crippen LogP contribution < -0.4 is 0 Å². The first kappa shape index (κ1) is 15.5. The summed E-state index contributed by atoms with van der Waals surface area (Å²) in [6.45, 7) is 3.71. The van der Waals surface area contributed by atoms with Crippen molar-refractivity contribution in [2.24, 2.45) is 5.92 Å². The van der Waals surface area contributed by atoms with Crippen LogP contribution in [0, 0.1) is 12.8 Å². The smallest absolute Gasteiger partial charge is 0.308 e. The maximum Gasteiger partial charge on any atom is 0.308 e. The van der Waals surface area contributed by atoms with Crippen molar-refractivity contribution in [3.05, 3.63) is 28.2 Å². The van der Waals surface area contributed by atoms with Gasteiger partial charge in [0.1, 0.15) is 0 Å². The second-order valence-electron chi connectivity index (χ2n) is 5.00. The minimum Gasteiger partial charge on any atom is -0.481 e. The number of hydrogen-bond donors (Lipinski definition) is 1. The fourth-order valence-electron chi connectivity index (χ4n) is 2.49. The van der Waals surface area contributed by atoms with E-state index in [-0.39, 0.29) is 11.4 Å². The average molecular weight is 362 g/mol. The molecular weight excluding hydrogens is 346 g/mol. The molecule has 1 aromatic rings. The summed E-state index contributed by atoms with van der Waals surface area (Å²) in [5.41, 5.74) is 0.827. The first-order chi connectivity index (χ1) is 9.25. The van der Waals surface area contributed by atoms with E-state index in [1.807, 2.05) is 6.92 Å².